The first-order valence-corrected chi connectivity index (χ1v) is 7.72. The number of nitrogens with two attached hydrogens (primary N) is 1. The highest BCUT2D eigenvalue weighted by Gasteiger charge is 2.27. The molecule has 98 valence electrons. The lowest BCUT2D eigenvalue weighted by molar-refractivity contribution is 0.0595. The molecule has 0 radical (unpaired) electrons. The lowest BCUT2D eigenvalue weighted by Gasteiger charge is -2.14. The molecule has 0 amide bonds. The van der Waals surface area contributed by atoms with Crippen LogP contribution in [0.4, 0.5) is 5.69 Å². The molecule has 0 bridgehead atoms. The van der Waals surface area contributed by atoms with Crippen molar-refractivity contribution in [3.8, 4) is 0 Å². The van der Waals surface area contributed by atoms with Crippen molar-refractivity contribution >= 4 is 85.4 Å². The summed E-state index contributed by atoms with van der Waals surface area (Å²) >= 11 is 5.84. The molecule has 5 nitrogen and oxygen atoms in total. The van der Waals surface area contributed by atoms with Gasteiger partial charge in [0, 0.05) is 3.57 Å². The molecule has 0 heterocycles. The summed E-state index contributed by atoms with van der Waals surface area (Å²) in [5.74, 6) is -1.06. The molecule has 0 saturated heterocycles. The molecule has 2 N–H and O–H groups in total. The fourth-order valence-electron chi connectivity index (χ4n) is 1.25. The summed E-state index contributed by atoms with van der Waals surface area (Å²) in [6.45, 7) is 0. The zero-order valence-corrected chi connectivity index (χ0v) is 15.8. The fraction of sp³-hybridized carbons (Fsp3) is 0.200. The van der Waals surface area contributed by atoms with E-state index in [2.05, 4.69) is 0 Å². The summed E-state index contributed by atoms with van der Waals surface area (Å²) in [6, 6.07) is 0. The van der Waals surface area contributed by atoms with Crippen LogP contribution in [0.3, 0.4) is 0 Å². The molecule has 8 heteroatoms. The van der Waals surface area contributed by atoms with E-state index in [1.165, 1.54) is 14.2 Å². The largest absolute Gasteiger partial charge is 0.465 e. The second-order valence-electron chi connectivity index (χ2n) is 3.09. The van der Waals surface area contributed by atoms with Gasteiger partial charge in [0.05, 0.1) is 38.2 Å². The second-order valence-corrected chi connectivity index (χ2v) is 6.33. The van der Waals surface area contributed by atoms with E-state index in [-0.39, 0.29) is 11.1 Å². The van der Waals surface area contributed by atoms with E-state index in [9.17, 15) is 9.59 Å². The van der Waals surface area contributed by atoms with Crippen molar-refractivity contribution in [2.45, 2.75) is 0 Å². The minimum atomic E-state index is -0.531. The first-order valence-electron chi connectivity index (χ1n) is 4.49. The third-order valence-electron chi connectivity index (χ3n) is 2.13. The number of hydrogen-bond acceptors (Lipinski definition) is 5. The molecule has 0 saturated carbocycles. The number of esters is 2. The number of carbonyl (C=O) groups excluding carboxylic acids is 2. The van der Waals surface area contributed by atoms with Crippen LogP contribution in [0.2, 0.25) is 0 Å². The van der Waals surface area contributed by atoms with E-state index in [0.29, 0.717) is 16.4 Å². The van der Waals surface area contributed by atoms with E-state index >= 15 is 0 Å². The Morgan fingerprint density at radius 2 is 1.22 bits per heavy atom. The standard InChI is InChI=1S/C10H8I3NO4/c1-17-9(15)3-5(11)4(10(16)18-2)7(13)8(14)6(3)12/h14H2,1-2H3. The zero-order chi connectivity index (χ0) is 14.0. The predicted octanol–water partition coefficient (Wildman–Crippen LogP) is 2.66. The van der Waals surface area contributed by atoms with Crippen molar-refractivity contribution in [1.29, 1.82) is 0 Å². The number of carbonyl (C=O) groups is 2. The van der Waals surface area contributed by atoms with Crippen molar-refractivity contribution in [3.63, 3.8) is 0 Å². The van der Waals surface area contributed by atoms with Crippen LogP contribution in [-0.4, -0.2) is 26.2 Å². The molecule has 0 aliphatic carbocycles. The number of halogens is 3. The van der Waals surface area contributed by atoms with Gasteiger partial charge in [0.15, 0.2) is 0 Å². The van der Waals surface area contributed by atoms with E-state index in [1.54, 1.807) is 0 Å². The van der Waals surface area contributed by atoms with Crippen molar-refractivity contribution in [2.24, 2.45) is 0 Å². The van der Waals surface area contributed by atoms with Gasteiger partial charge in [0.2, 0.25) is 0 Å². The lowest BCUT2D eigenvalue weighted by Crippen LogP contribution is -2.17. The Balaban J connectivity index is 3.70. The maximum Gasteiger partial charge on any atom is 0.340 e. The van der Waals surface area contributed by atoms with Gasteiger partial charge in [-0.05, 0) is 67.8 Å². The summed E-state index contributed by atoms with van der Waals surface area (Å²) in [5.41, 5.74) is 6.85. The summed E-state index contributed by atoms with van der Waals surface area (Å²) < 4.78 is 11.0. The number of rotatable bonds is 2. The maximum absolute atomic E-state index is 11.7. The highest BCUT2D eigenvalue weighted by atomic mass is 127. The van der Waals surface area contributed by atoms with Crippen molar-refractivity contribution in [1.82, 2.24) is 0 Å². The van der Waals surface area contributed by atoms with Crippen LogP contribution in [0.25, 0.3) is 0 Å². The van der Waals surface area contributed by atoms with E-state index in [4.69, 9.17) is 15.2 Å². The molecule has 18 heavy (non-hydrogen) atoms. The normalized spacial score (nSPS) is 10.1. The quantitative estimate of drug-likeness (QED) is 0.328. The Morgan fingerprint density at radius 3 is 1.50 bits per heavy atom. The van der Waals surface area contributed by atoms with Crippen LogP contribution in [0.15, 0.2) is 0 Å². The first kappa shape index (κ1) is 16.2. The summed E-state index contributed by atoms with van der Waals surface area (Å²) in [4.78, 5) is 23.5. The molecule has 0 atom stereocenters. The monoisotopic (exact) mass is 587 g/mol. The zero-order valence-electron chi connectivity index (χ0n) is 9.34. The van der Waals surface area contributed by atoms with Crippen LogP contribution in [0.1, 0.15) is 20.7 Å². The number of anilines is 1. The number of nitrogen functional groups attached to an aromatic ring is 1. The number of ether oxygens (including phenoxy) is 2. The Bertz CT molecular complexity index is 487. The molecule has 0 aliphatic heterocycles. The van der Waals surface area contributed by atoms with Gasteiger partial charge in [-0.25, -0.2) is 9.59 Å². The SMILES string of the molecule is COC(=O)c1c(I)c(N)c(I)c(C(=O)OC)c1I. The van der Waals surface area contributed by atoms with Gasteiger partial charge < -0.3 is 15.2 Å². The third-order valence-corrected chi connectivity index (χ3v) is 5.45. The molecule has 0 aliphatic rings. The Labute approximate surface area is 145 Å². The van der Waals surface area contributed by atoms with E-state index < -0.39 is 11.9 Å². The molecular formula is C10H8I3NO4. The number of hydrogen-bond donors (Lipinski definition) is 1. The van der Waals surface area contributed by atoms with Crippen molar-refractivity contribution < 1.29 is 19.1 Å². The van der Waals surface area contributed by atoms with Crippen molar-refractivity contribution in [3.05, 3.63) is 21.8 Å². The molecule has 1 rings (SSSR count). The van der Waals surface area contributed by atoms with Crippen molar-refractivity contribution in [2.75, 3.05) is 20.0 Å². The number of methoxy groups -OCH3 is 2. The van der Waals surface area contributed by atoms with Gasteiger partial charge in [-0.2, -0.15) is 0 Å². The smallest absolute Gasteiger partial charge is 0.340 e. The Kier molecular flexibility index (Phi) is 5.89. The molecule has 1 aromatic carbocycles. The number of benzene rings is 1. The van der Waals surface area contributed by atoms with Crippen LogP contribution < -0.4 is 5.73 Å². The second kappa shape index (κ2) is 6.54. The van der Waals surface area contributed by atoms with Crippen LogP contribution in [-0.2, 0) is 9.47 Å². The molecular weight excluding hydrogens is 579 g/mol. The molecule has 0 spiro atoms. The van der Waals surface area contributed by atoms with Gasteiger partial charge in [-0.1, -0.05) is 0 Å². The Hall–Kier alpha value is 0.150. The van der Waals surface area contributed by atoms with E-state index in [1.807, 2.05) is 67.8 Å². The minimum Gasteiger partial charge on any atom is -0.465 e. The van der Waals surface area contributed by atoms with Crippen LogP contribution in [0.5, 0.6) is 0 Å². The Morgan fingerprint density at radius 1 is 0.889 bits per heavy atom. The predicted molar refractivity (Wildman–Crippen MR) is 91.7 cm³/mol. The molecule has 0 aromatic heterocycles. The molecule has 0 fully saturated rings. The third kappa shape index (κ3) is 2.84. The highest BCUT2D eigenvalue weighted by Crippen LogP contribution is 2.34. The summed E-state index contributed by atoms with van der Waals surface area (Å²) in [7, 11) is 2.56. The average molecular weight is 587 g/mol. The van der Waals surface area contributed by atoms with Gasteiger partial charge >= 0.3 is 11.9 Å². The van der Waals surface area contributed by atoms with Gasteiger partial charge in [0.1, 0.15) is 0 Å². The van der Waals surface area contributed by atoms with Crippen LogP contribution >= 0.6 is 67.8 Å². The molecule has 0 unspecified atom stereocenters. The summed E-state index contributed by atoms with van der Waals surface area (Å²) in [6.07, 6.45) is 0. The molecule has 1 aromatic rings. The summed E-state index contributed by atoms with van der Waals surface area (Å²) in [5, 5.41) is 0. The first-order chi connectivity index (χ1) is 8.36. The average Bonchev–Trinajstić information content (AvgIpc) is 2.35. The fourth-order valence-corrected chi connectivity index (χ4v) is 5.29. The maximum atomic E-state index is 11.7. The minimum absolute atomic E-state index is 0.289. The van der Waals surface area contributed by atoms with E-state index in [0.717, 1.165) is 0 Å². The van der Waals surface area contributed by atoms with Gasteiger partial charge in [0.25, 0.3) is 0 Å². The van der Waals surface area contributed by atoms with Crippen LogP contribution in [0, 0.1) is 10.7 Å². The topological polar surface area (TPSA) is 78.6 Å². The van der Waals surface area contributed by atoms with Gasteiger partial charge in [-0.3, -0.25) is 0 Å². The lowest BCUT2D eigenvalue weighted by atomic mass is 10.1. The van der Waals surface area contributed by atoms with Gasteiger partial charge in [-0.15, -0.1) is 0 Å². The highest BCUT2D eigenvalue weighted by molar-refractivity contribution is 14.1.